The van der Waals surface area contributed by atoms with Gasteiger partial charge in [0.05, 0.1) is 11.5 Å². The molecule has 16 heavy (non-hydrogen) atoms. The quantitative estimate of drug-likeness (QED) is 0.859. The molecule has 1 atom stereocenters. The third-order valence-electron chi connectivity index (χ3n) is 2.42. The summed E-state index contributed by atoms with van der Waals surface area (Å²) in [7, 11) is 1.63. The molecule has 3 nitrogen and oxygen atoms in total. The topological polar surface area (TPSA) is 38.3 Å². The zero-order chi connectivity index (χ0) is 12.1. The molecule has 1 heterocycles. The molecule has 0 radical (unpaired) electrons. The Morgan fingerprint density at radius 3 is 2.81 bits per heavy atom. The van der Waals surface area contributed by atoms with Crippen LogP contribution in [0.4, 0.5) is 0 Å². The first-order valence-electron chi connectivity index (χ1n) is 5.47. The van der Waals surface area contributed by atoms with Gasteiger partial charge in [-0.25, -0.2) is 0 Å². The standard InChI is InChI=1S/C12H19NO2S/c1-5-10-6-11(16-9(10)3)12(14)13-8(2)7-15-4/h6,8H,5,7H2,1-4H3,(H,13,14). The van der Waals surface area contributed by atoms with Crippen molar-refractivity contribution in [2.45, 2.75) is 33.2 Å². The minimum atomic E-state index is -0.00245. The molecule has 4 heteroatoms. The van der Waals surface area contributed by atoms with E-state index in [2.05, 4.69) is 19.2 Å². The lowest BCUT2D eigenvalue weighted by atomic mass is 10.2. The summed E-state index contributed by atoms with van der Waals surface area (Å²) in [4.78, 5) is 13.9. The number of rotatable bonds is 5. The van der Waals surface area contributed by atoms with Gasteiger partial charge >= 0.3 is 0 Å². The molecule has 1 rings (SSSR count). The summed E-state index contributed by atoms with van der Waals surface area (Å²) in [5.74, 6) is -0.00245. The maximum Gasteiger partial charge on any atom is 0.261 e. The number of thiophene rings is 1. The van der Waals surface area contributed by atoms with Crippen LogP contribution in [0.2, 0.25) is 0 Å². The summed E-state index contributed by atoms with van der Waals surface area (Å²) in [6.07, 6.45) is 0.975. The van der Waals surface area contributed by atoms with Crippen molar-refractivity contribution in [2.24, 2.45) is 0 Å². The van der Waals surface area contributed by atoms with Gasteiger partial charge in [0.1, 0.15) is 0 Å². The maximum absolute atomic E-state index is 11.9. The molecule has 1 unspecified atom stereocenters. The highest BCUT2D eigenvalue weighted by atomic mass is 32.1. The largest absolute Gasteiger partial charge is 0.383 e. The van der Waals surface area contributed by atoms with Gasteiger partial charge in [0.25, 0.3) is 5.91 Å². The lowest BCUT2D eigenvalue weighted by molar-refractivity contribution is 0.0909. The molecule has 0 aromatic carbocycles. The van der Waals surface area contributed by atoms with Gasteiger partial charge in [-0.1, -0.05) is 6.92 Å². The van der Waals surface area contributed by atoms with E-state index < -0.39 is 0 Å². The SMILES string of the molecule is CCc1cc(C(=O)NC(C)COC)sc1C. The molecule has 0 aliphatic carbocycles. The van der Waals surface area contributed by atoms with E-state index in [4.69, 9.17) is 4.74 Å². The minimum Gasteiger partial charge on any atom is -0.383 e. The predicted octanol–water partition coefficient (Wildman–Crippen LogP) is 2.38. The Kier molecular flexibility index (Phi) is 4.96. The van der Waals surface area contributed by atoms with E-state index >= 15 is 0 Å². The Balaban J connectivity index is 2.65. The van der Waals surface area contributed by atoms with Crippen LogP contribution in [0.15, 0.2) is 6.07 Å². The van der Waals surface area contributed by atoms with E-state index in [9.17, 15) is 4.79 Å². The van der Waals surface area contributed by atoms with Crippen LogP contribution < -0.4 is 5.32 Å². The molecule has 1 aromatic rings. The van der Waals surface area contributed by atoms with E-state index in [1.54, 1.807) is 18.4 Å². The second-order valence-electron chi connectivity index (χ2n) is 3.88. The summed E-state index contributed by atoms with van der Waals surface area (Å²) in [6, 6.07) is 2.03. The second kappa shape index (κ2) is 6.01. The van der Waals surface area contributed by atoms with Crippen LogP contribution in [-0.2, 0) is 11.2 Å². The van der Waals surface area contributed by atoms with Crippen LogP contribution in [0.25, 0.3) is 0 Å². The Labute approximate surface area is 101 Å². The van der Waals surface area contributed by atoms with Crippen molar-refractivity contribution in [3.8, 4) is 0 Å². The number of hydrogen-bond acceptors (Lipinski definition) is 3. The lowest BCUT2D eigenvalue weighted by Crippen LogP contribution is -2.35. The van der Waals surface area contributed by atoms with Crippen molar-refractivity contribution in [2.75, 3.05) is 13.7 Å². The summed E-state index contributed by atoms with van der Waals surface area (Å²) >= 11 is 1.55. The lowest BCUT2D eigenvalue weighted by Gasteiger charge is -2.11. The van der Waals surface area contributed by atoms with Crippen LogP contribution in [0.1, 0.15) is 34.0 Å². The molecular formula is C12H19NO2S. The van der Waals surface area contributed by atoms with Crippen molar-refractivity contribution in [1.82, 2.24) is 5.32 Å². The average Bonchev–Trinajstić information content (AvgIpc) is 2.60. The van der Waals surface area contributed by atoms with Gasteiger partial charge in [-0.2, -0.15) is 0 Å². The van der Waals surface area contributed by atoms with Crippen molar-refractivity contribution < 1.29 is 9.53 Å². The minimum absolute atomic E-state index is 0.00245. The fourth-order valence-electron chi connectivity index (χ4n) is 1.57. The normalized spacial score (nSPS) is 12.5. The highest BCUT2D eigenvalue weighted by molar-refractivity contribution is 7.14. The summed E-state index contributed by atoms with van der Waals surface area (Å²) in [6.45, 7) is 6.63. The second-order valence-corrected chi connectivity index (χ2v) is 5.13. The highest BCUT2D eigenvalue weighted by Gasteiger charge is 2.13. The fraction of sp³-hybridized carbons (Fsp3) is 0.583. The van der Waals surface area contributed by atoms with Gasteiger partial charge < -0.3 is 10.1 Å². The van der Waals surface area contributed by atoms with E-state index in [0.29, 0.717) is 6.61 Å². The molecule has 0 bridgehead atoms. The van der Waals surface area contributed by atoms with Crippen LogP contribution in [0.5, 0.6) is 0 Å². The Morgan fingerprint density at radius 2 is 2.31 bits per heavy atom. The van der Waals surface area contributed by atoms with Gasteiger partial charge in [-0.05, 0) is 31.9 Å². The van der Waals surface area contributed by atoms with Gasteiger partial charge in [-0.15, -0.1) is 11.3 Å². The molecule has 0 aliphatic heterocycles. The smallest absolute Gasteiger partial charge is 0.261 e. The molecule has 0 spiro atoms. The number of amides is 1. The third-order valence-corrected chi connectivity index (χ3v) is 3.51. The summed E-state index contributed by atoms with van der Waals surface area (Å²) < 4.78 is 4.98. The molecule has 90 valence electrons. The van der Waals surface area contributed by atoms with Crippen LogP contribution in [0.3, 0.4) is 0 Å². The molecular weight excluding hydrogens is 222 g/mol. The fourth-order valence-corrected chi connectivity index (χ4v) is 2.59. The zero-order valence-electron chi connectivity index (χ0n) is 10.3. The number of carbonyl (C=O) groups excluding carboxylic acids is 1. The Bertz CT molecular complexity index is 360. The van der Waals surface area contributed by atoms with Crippen LogP contribution in [-0.4, -0.2) is 25.7 Å². The van der Waals surface area contributed by atoms with Gasteiger partial charge in [-0.3, -0.25) is 4.79 Å². The summed E-state index contributed by atoms with van der Waals surface area (Å²) in [5, 5.41) is 2.91. The Morgan fingerprint density at radius 1 is 1.62 bits per heavy atom. The molecule has 1 amide bonds. The number of carbonyl (C=O) groups is 1. The van der Waals surface area contributed by atoms with Crippen molar-refractivity contribution >= 4 is 17.2 Å². The first-order chi connectivity index (χ1) is 7.58. The number of hydrogen-bond donors (Lipinski definition) is 1. The highest BCUT2D eigenvalue weighted by Crippen LogP contribution is 2.21. The van der Waals surface area contributed by atoms with E-state index in [0.717, 1.165) is 11.3 Å². The monoisotopic (exact) mass is 241 g/mol. The average molecular weight is 241 g/mol. The molecule has 0 saturated carbocycles. The Hall–Kier alpha value is -0.870. The number of nitrogens with one attached hydrogen (secondary N) is 1. The molecule has 1 N–H and O–H groups in total. The summed E-state index contributed by atoms with van der Waals surface area (Å²) in [5.41, 5.74) is 1.26. The van der Waals surface area contributed by atoms with E-state index in [1.165, 1.54) is 10.4 Å². The third kappa shape index (κ3) is 3.32. The predicted molar refractivity (Wildman–Crippen MR) is 67.2 cm³/mol. The van der Waals surface area contributed by atoms with Crippen molar-refractivity contribution in [3.05, 3.63) is 21.4 Å². The number of ether oxygens (including phenoxy) is 1. The molecule has 0 aliphatic rings. The molecule has 1 aromatic heterocycles. The maximum atomic E-state index is 11.9. The van der Waals surface area contributed by atoms with Gasteiger partial charge in [0.15, 0.2) is 0 Å². The molecule has 0 fully saturated rings. The van der Waals surface area contributed by atoms with E-state index in [-0.39, 0.29) is 11.9 Å². The molecule has 0 saturated heterocycles. The van der Waals surface area contributed by atoms with E-state index in [1.807, 2.05) is 13.0 Å². The van der Waals surface area contributed by atoms with Crippen molar-refractivity contribution in [1.29, 1.82) is 0 Å². The van der Waals surface area contributed by atoms with Crippen LogP contribution >= 0.6 is 11.3 Å². The van der Waals surface area contributed by atoms with Crippen molar-refractivity contribution in [3.63, 3.8) is 0 Å². The zero-order valence-corrected chi connectivity index (χ0v) is 11.1. The first kappa shape index (κ1) is 13.2. The van der Waals surface area contributed by atoms with Crippen LogP contribution in [0, 0.1) is 6.92 Å². The number of methoxy groups -OCH3 is 1. The first-order valence-corrected chi connectivity index (χ1v) is 6.29. The number of aryl methyl sites for hydroxylation is 2. The van der Waals surface area contributed by atoms with Gasteiger partial charge in [0.2, 0.25) is 0 Å². The van der Waals surface area contributed by atoms with Gasteiger partial charge in [0, 0.05) is 18.0 Å².